The van der Waals surface area contributed by atoms with Crippen molar-refractivity contribution < 1.29 is 32.5 Å². The SMILES string of the molecule is COc1ccc(O)c(C(=O)NCCOCC(F)(F)F)c1. The first kappa shape index (κ1) is 16.1. The maximum atomic E-state index is 11.8. The Balaban J connectivity index is 2.43. The highest BCUT2D eigenvalue weighted by Gasteiger charge is 2.27. The molecule has 0 spiro atoms. The number of methoxy groups -OCH3 is 1. The van der Waals surface area contributed by atoms with Crippen molar-refractivity contribution in [3.8, 4) is 11.5 Å². The summed E-state index contributed by atoms with van der Waals surface area (Å²) in [6, 6.07) is 4.08. The second-order valence-corrected chi connectivity index (χ2v) is 3.81. The van der Waals surface area contributed by atoms with E-state index in [9.17, 15) is 23.1 Å². The van der Waals surface area contributed by atoms with Gasteiger partial charge >= 0.3 is 6.18 Å². The molecule has 1 aromatic rings. The number of hydrogen-bond acceptors (Lipinski definition) is 4. The fourth-order valence-electron chi connectivity index (χ4n) is 1.34. The predicted molar refractivity (Wildman–Crippen MR) is 63.9 cm³/mol. The van der Waals surface area contributed by atoms with Crippen LogP contribution in [0.25, 0.3) is 0 Å². The summed E-state index contributed by atoms with van der Waals surface area (Å²) in [6.07, 6.45) is -4.39. The van der Waals surface area contributed by atoms with Crippen LogP contribution in [0.1, 0.15) is 10.4 Å². The fraction of sp³-hybridized carbons (Fsp3) is 0.417. The van der Waals surface area contributed by atoms with E-state index in [4.69, 9.17) is 4.74 Å². The standard InChI is InChI=1S/C12H14F3NO4/c1-19-8-2-3-10(17)9(6-8)11(18)16-4-5-20-7-12(13,14)15/h2-3,6,17H,4-5,7H2,1H3,(H,16,18). The molecule has 0 fully saturated rings. The number of aromatic hydroxyl groups is 1. The van der Waals surface area contributed by atoms with Crippen molar-refractivity contribution in [2.45, 2.75) is 6.18 Å². The van der Waals surface area contributed by atoms with Crippen LogP contribution in [0.3, 0.4) is 0 Å². The third kappa shape index (κ3) is 5.35. The van der Waals surface area contributed by atoms with Crippen LogP contribution in [0.5, 0.6) is 11.5 Å². The lowest BCUT2D eigenvalue weighted by Crippen LogP contribution is -2.28. The number of alkyl halides is 3. The number of phenolic OH excluding ortho intramolecular Hbond substituents is 1. The second-order valence-electron chi connectivity index (χ2n) is 3.81. The molecule has 0 saturated carbocycles. The third-order valence-corrected chi connectivity index (χ3v) is 2.25. The van der Waals surface area contributed by atoms with Crippen molar-refractivity contribution in [1.82, 2.24) is 5.32 Å². The van der Waals surface area contributed by atoms with Crippen LogP contribution in [0.4, 0.5) is 13.2 Å². The van der Waals surface area contributed by atoms with Gasteiger partial charge in [-0.05, 0) is 18.2 Å². The van der Waals surface area contributed by atoms with Crippen molar-refractivity contribution in [2.75, 3.05) is 26.9 Å². The van der Waals surface area contributed by atoms with E-state index in [1.807, 2.05) is 0 Å². The highest BCUT2D eigenvalue weighted by atomic mass is 19.4. The summed E-state index contributed by atoms with van der Waals surface area (Å²) in [5.41, 5.74) is -0.0276. The number of carbonyl (C=O) groups excluding carboxylic acids is 1. The largest absolute Gasteiger partial charge is 0.507 e. The lowest BCUT2D eigenvalue weighted by Gasteiger charge is -2.10. The van der Waals surface area contributed by atoms with Crippen molar-refractivity contribution >= 4 is 5.91 Å². The molecular formula is C12H14F3NO4. The topological polar surface area (TPSA) is 67.8 Å². The predicted octanol–water partition coefficient (Wildman–Crippen LogP) is 1.71. The van der Waals surface area contributed by atoms with Crippen LogP contribution in [-0.2, 0) is 4.74 Å². The Kier molecular flexibility index (Phi) is 5.63. The highest BCUT2D eigenvalue weighted by Crippen LogP contribution is 2.22. The number of ether oxygens (including phenoxy) is 2. The molecule has 0 aliphatic carbocycles. The van der Waals surface area contributed by atoms with E-state index in [0.29, 0.717) is 5.75 Å². The molecule has 0 unspecified atom stereocenters. The zero-order valence-corrected chi connectivity index (χ0v) is 10.7. The Labute approximate surface area is 113 Å². The van der Waals surface area contributed by atoms with E-state index in [-0.39, 0.29) is 24.5 Å². The van der Waals surface area contributed by atoms with Crippen molar-refractivity contribution in [2.24, 2.45) is 0 Å². The summed E-state index contributed by atoms with van der Waals surface area (Å²) >= 11 is 0. The van der Waals surface area contributed by atoms with E-state index in [0.717, 1.165) is 0 Å². The first-order valence-corrected chi connectivity index (χ1v) is 5.63. The number of rotatable bonds is 6. The molecule has 1 rings (SSSR count). The Hall–Kier alpha value is -1.96. The Morgan fingerprint density at radius 3 is 2.70 bits per heavy atom. The van der Waals surface area contributed by atoms with E-state index in [1.165, 1.54) is 25.3 Å². The number of carbonyl (C=O) groups is 1. The van der Waals surface area contributed by atoms with Gasteiger partial charge in [0.2, 0.25) is 0 Å². The zero-order chi connectivity index (χ0) is 15.2. The molecule has 112 valence electrons. The Bertz CT molecular complexity index is 463. The summed E-state index contributed by atoms with van der Waals surface area (Å²) < 4.78 is 44.6. The Morgan fingerprint density at radius 2 is 2.10 bits per heavy atom. The Morgan fingerprint density at radius 1 is 1.40 bits per heavy atom. The minimum atomic E-state index is -4.39. The molecule has 0 aliphatic heterocycles. The van der Waals surface area contributed by atoms with Gasteiger partial charge in [0.05, 0.1) is 19.3 Å². The van der Waals surface area contributed by atoms with Crippen molar-refractivity contribution in [3.63, 3.8) is 0 Å². The summed E-state index contributed by atoms with van der Waals surface area (Å²) in [5.74, 6) is -0.502. The van der Waals surface area contributed by atoms with Crippen LogP contribution in [0.15, 0.2) is 18.2 Å². The van der Waals surface area contributed by atoms with Gasteiger partial charge in [-0.25, -0.2) is 0 Å². The minimum Gasteiger partial charge on any atom is -0.507 e. The number of phenols is 1. The molecule has 0 atom stereocenters. The molecule has 0 bridgehead atoms. The van der Waals surface area contributed by atoms with Crippen LogP contribution >= 0.6 is 0 Å². The number of halogens is 3. The fourth-order valence-corrected chi connectivity index (χ4v) is 1.34. The average Bonchev–Trinajstić information content (AvgIpc) is 2.37. The molecule has 2 N–H and O–H groups in total. The molecule has 1 amide bonds. The monoisotopic (exact) mass is 293 g/mol. The van der Waals surface area contributed by atoms with Crippen LogP contribution in [0.2, 0.25) is 0 Å². The van der Waals surface area contributed by atoms with Gasteiger partial charge in [-0.1, -0.05) is 0 Å². The summed E-state index contributed by atoms with van der Waals surface area (Å²) in [4.78, 5) is 11.7. The van der Waals surface area contributed by atoms with E-state index < -0.39 is 18.7 Å². The van der Waals surface area contributed by atoms with Gasteiger partial charge < -0.3 is 19.9 Å². The maximum Gasteiger partial charge on any atom is 0.411 e. The molecule has 5 nitrogen and oxygen atoms in total. The maximum absolute atomic E-state index is 11.8. The summed E-state index contributed by atoms with van der Waals surface area (Å²) in [6.45, 7) is -1.76. The van der Waals surface area contributed by atoms with Gasteiger partial charge in [-0.15, -0.1) is 0 Å². The van der Waals surface area contributed by atoms with Crippen LogP contribution < -0.4 is 10.1 Å². The molecule has 0 heterocycles. The molecule has 0 saturated heterocycles. The molecule has 8 heteroatoms. The molecule has 0 aromatic heterocycles. The third-order valence-electron chi connectivity index (χ3n) is 2.25. The molecule has 1 aromatic carbocycles. The lowest BCUT2D eigenvalue weighted by molar-refractivity contribution is -0.173. The van der Waals surface area contributed by atoms with Gasteiger partial charge in [0.15, 0.2) is 0 Å². The van der Waals surface area contributed by atoms with Crippen molar-refractivity contribution in [1.29, 1.82) is 0 Å². The number of benzene rings is 1. The first-order valence-electron chi connectivity index (χ1n) is 5.63. The van der Waals surface area contributed by atoms with Crippen molar-refractivity contribution in [3.05, 3.63) is 23.8 Å². The average molecular weight is 293 g/mol. The van der Waals surface area contributed by atoms with Gasteiger partial charge in [0, 0.05) is 6.54 Å². The van der Waals surface area contributed by atoms with E-state index in [1.54, 1.807) is 0 Å². The van der Waals surface area contributed by atoms with Gasteiger partial charge in [-0.2, -0.15) is 13.2 Å². The summed E-state index contributed by atoms with van der Waals surface area (Å²) in [5, 5.41) is 11.8. The highest BCUT2D eigenvalue weighted by molar-refractivity contribution is 5.97. The normalized spacial score (nSPS) is 11.2. The number of nitrogens with one attached hydrogen (secondary N) is 1. The lowest BCUT2D eigenvalue weighted by atomic mass is 10.2. The molecule has 0 radical (unpaired) electrons. The van der Waals surface area contributed by atoms with Gasteiger partial charge in [0.1, 0.15) is 18.1 Å². The van der Waals surface area contributed by atoms with Crippen LogP contribution in [-0.4, -0.2) is 44.1 Å². The molecule has 20 heavy (non-hydrogen) atoms. The van der Waals surface area contributed by atoms with E-state index >= 15 is 0 Å². The smallest absolute Gasteiger partial charge is 0.411 e. The minimum absolute atomic E-state index is 0.0276. The summed E-state index contributed by atoms with van der Waals surface area (Å²) in [7, 11) is 1.40. The van der Waals surface area contributed by atoms with Gasteiger partial charge in [-0.3, -0.25) is 4.79 Å². The van der Waals surface area contributed by atoms with E-state index in [2.05, 4.69) is 10.1 Å². The zero-order valence-electron chi connectivity index (χ0n) is 10.7. The quantitative estimate of drug-likeness (QED) is 0.784. The number of hydrogen-bond donors (Lipinski definition) is 2. The number of amides is 1. The first-order chi connectivity index (χ1) is 9.33. The second kappa shape index (κ2) is 6.99. The molecule has 0 aliphatic rings. The molecular weight excluding hydrogens is 279 g/mol. The van der Waals surface area contributed by atoms with Gasteiger partial charge in [0.25, 0.3) is 5.91 Å². The van der Waals surface area contributed by atoms with Crippen LogP contribution in [0, 0.1) is 0 Å².